The van der Waals surface area contributed by atoms with Gasteiger partial charge in [0.2, 0.25) is 0 Å². The number of morpholine rings is 1. The van der Waals surface area contributed by atoms with Crippen LogP contribution in [0.1, 0.15) is 18.9 Å². The van der Waals surface area contributed by atoms with Crippen LogP contribution in [0.25, 0.3) is 0 Å². The van der Waals surface area contributed by atoms with Gasteiger partial charge in [-0.05, 0) is 44.0 Å². The first-order valence-electron chi connectivity index (χ1n) is 7.26. The van der Waals surface area contributed by atoms with Crippen molar-refractivity contribution in [2.75, 3.05) is 45.2 Å². The third kappa shape index (κ3) is 6.68. The van der Waals surface area contributed by atoms with E-state index in [1.807, 2.05) is 7.05 Å². The normalized spacial score (nSPS) is 15.1. The Morgan fingerprint density at radius 1 is 1.35 bits per heavy atom. The highest BCUT2D eigenvalue weighted by Gasteiger charge is 2.09. The van der Waals surface area contributed by atoms with E-state index in [2.05, 4.69) is 34.5 Å². The molecule has 4 nitrogen and oxygen atoms in total. The van der Waals surface area contributed by atoms with E-state index in [0.717, 1.165) is 39.0 Å². The Morgan fingerprint density at radius 3 is 2.70 bits per heavy atom. The van der Waals surface area contributed by atoms with Gasteiger partial charge in [0.25, 0.3) is 0 Å². The number of hydrogen-bond donors (Lipinski definition) is 1. The van der Waals surface area contributed by atoms with Gasteiger partial charge in [0, 0.05) is 25.8 Å². The molecule has 1 fully saturated rings. The first kappa shape index (κ1) is 16.7. The smallest absolute Gasteiger partial charge is 0.116 e. The molecule has 0 saturated carbocycles. The van der Waals surface area contributed by atoms with Crippen LogP contribution >= 0.6 is 0 Å². The minimum absolute atomic E-state index is 0.750. The maximum Gasteiger partial charge on any atom is 0.116 e. The maximum atomic E-state index is 8.81. The van der Waals surface area contributed by atoms with Crippen LogP contribution in [0.3, 0.4) is 0 Å². The average molecular weight is 278 g/mol. The van der Waals surface area contributed by atoms with Gasteiger partial charge in [-0.25, -0.2) is 0 Å². The highest BCUT2D eigenvalue weighted by Crippen LogP contribution is 2.12. The summed E-state index contributed by atoms with van der Waals surface area (Å²) in [6.45, 7) is 6.62. The molecule has 20 heavy (non-hydrogen) atoms. The largest absolute Gasteiger partial charge is 0.388 e. The van der Waals surface area contributed by atoms with E-state index < -0.39 is 0 Å². The van der Waals surface area contributed by atoms with Gasteiger partial charge in [0.05, 0.1) is 13.2 Å². The molecule has 0 amide bonds. The highest BCUT2D eigenvalue weighted by atomic mass is 16.5. The van der Waals surface area contributed by atoms with Crippen molar-refractivity contribution in [2.45, 2.75) is 19.8 Å². The number of rotatable bonds is 5. The fraction of sp³-hybridized carbons (Fsp3) is 0.562. The lowest BCUT2D eigenvalue weighted by Crippen LogP contribution is -2.36. The first-order valence-corrected chi connectivity index (χ1v) is 7.26. The zero-order valence-corrected chi connectivity index (χ0v) is 12.6. The first-order chi connectivity index (χ1) is 9.80. The fourth-order valence-corrected chi connectivity index (χ4v) is 2.21. The number of carbonyl (C=O) groups is 1. The SMILES string of the molecule is CC=O.CNc1cccc(CCCN2CCOCC2)c1. The van der Waals surface area contributed by atoms with E-state index in [0.29, 0.717) is 0 Å². The molecule has 1 N–H and O–H groups in total. The van der Waals surface area contributed by atoms with Crippen LogP contribution in [0, 0.1) is 0 Å². The topological polar surface area (TPSA) is 41.6 Å². The summed E-state index contributed by atoms with van der Waals surface area (Å²) >= 11 is 0. The lowest BCUT2D eigenvalue weighted by atomic mass is 10.1. The number of carbonyl (C=O) groups excluding carboxylic acids is 1. The van der Waals surface area contributed by atoms with E-state index in [-0.39, 0.29) is 0 Å². The number of hydrogen-bond acceptors (Lipinski definition) is 4. The molecule has 4 heteroatoms. The third-order valence-corrected chi connectivity index (χ3v) is 3.26. The number of benzene rings is 1. The molecular weight excluding hydrogens is 252 g/mol. The Labute approximate surface area is 122 Å². The summed E-state index contributed by atoms with van der Waals surface area (Å²) in [4.78, 5) is 11.3. The summed E-state index contributed by atoms with van der Waals surface area (Å²) in [5.74, 6) is 0. The predicted octanol–water partition coefficient (Wildman–Crippen LogP) is 2.20. The van der Waals surface area contributed by atoms with Crippen molar-refractivity contribution < 1.29 is 9.53 Å². The second-order valence-electron chi connectivity index (χ2n) is 4.74. The molecule has 0 spiro atoms. The number of aryl methyl sites for hydroxylation is 1. The van der Waals surface area contributed by atoms with E-state index in [1.165, 1.54) is 31.1 Å². The van der Waals surface area contributed by atoms with Crippen LogP contribution in [0.4, 0.5) is 5.69 Å². The molecule has 1 saturated heterocycles. The minimum Gasteiger partial charge on any atom is -0.388 e. The Hall–Kier alpha value is -1.39. The molecule has 0 aromatic heterocycles. The highest BCUT2D eigenvalue weighted by molar-refractivity contribution is 5.45. The molecule has 1 heterocycles. The zero-order chi connectivity index (χ0) is 14.6. The summed E-state index contributed by atoms with van der Waals surface area (Å²) < 4.78 is 5.34. The van der Waals surface area contributed by atoms with Crippen molar-refractivity contribution >= 4 is 12.0 Å². The van der Waals surface area contributed by atoms with Crippen LogP contribution in [-0.4, -0.2) is 51.1 Å². The van der Waals surface area contributed by atoms with Crippen LogP contribution in [0.2, 0.25) is 0 Å². The average Bonchev–Trinajstić information content (AvgIpc) is 2.49. The molecule has 0 bridgehead atoms. The lowest BCUT2D eigenvalue weighted by Gasteiger charge is -2.26. The molecule has 2 rings (SSSR count). The lowest BCUT2D eigenvalue weighted by molar-refractivity contribution is -0.106. The summed E-state index contributed by atoms with van der Waals surface area (Å²) in [5, 5.41) is 3.18. The molecule has 112 valence electrons. The number of nitrogens with zero attached hydrogens (tertiary/aromatic N) is 1. The molecule has 1 aliphatic rings. The molecule has 1 aromatic carbocycles. The van der Waals surface area contributed by atoms with Crippen molar-refractivity contribution in [1.29, 1.82) is 0 Å². The minimum atomic E-state index is 0.750. The number of anilines is 1. The molecule has 0 radical (unpaired) electrons. The number of ether oxygens (including phenoxy) is 1. The van der Waals surface area contributed by atoms with Gasteiger partial charge in [0.1, 0.15) is 6.29 Å². The van der Waals surface area contributed by atoms with Gasteiger partial charge in [-0.2, -0.15) is 0 Å². The monoisotopic (exact) mass is 278 g/mol. The summed E-state index contributed by atoms with van der Waals surface area (Å²) in [7, 11) is 1.97. The van der Waals surface area contributed by atoms with Gasteiger partial charge in [-0.3, -0.25) is 4.90 Å². The van der Waals surface area contributed by atoms with Crippen LogP contribution in [0.15, 0.2) is 24.3 Å². The fourth-order valence-electron chi connectivity index (χ4n) is 2.21. The van der Waals surface area contributed by atoms with Crippen molar-refractivity contribution in [2.24, 2.45) is 0 Å². The van der Waals surface area contributed by atoms with Crippen molar-refractivity contribution in [3.63, 3.8) is 0 Å². The maximum absolute atomic E-state index is 8.81. The molecular formula is C16H26N2O2. The predicted molar refractivity (Wildman–Crippen MR) is 83.3 cm³/mol. The van der Waals surface area contributed by atoms with E-state index in [4.69, 9.17) is 9.53 Å². The van der Waals surface area contributed by atoms with Gasteiger partial charge in [0.15, 0.2) is 0 Å². The number of nitrogens with one attached hydrogen (secondary N) is 1. The van der Waals surface area contributed by atoms with Crippen molar-refractivity contribution in [1.82, 2.24) is 4.90 Å². The third-order valence-electron chi connectivity index (χ3n) is 3.26. The van der Waals surface area contributed by atoms with Gasteiger partial charge >= 0.3 is 0 Å². The zero-order valence-electron chi connectivity index (χ0n) is 12.6. The second kappa shape index (κ2) is 10.4. The molecule has 0 aliphatic carbocycles. The summed E-state index contributed by atoms with van der Waals surface area (Å²) in [6.07, 6.45) is 3.14. The number of aldehydes is 1. The summed E-state index contributed by atoms with van der Waals surface area (Å²) in [5.41, 5.74) is 2.62. The standard InChI is InChI=1S/C14H22N2O.C2H4O/c1-15-14-6-2-4-13(12-14)5-3-7-16-8-10-17-11-9-16;1-2-3/h2,4,6,12,15H,3,5,7-11H2,1H3;2H,1H3. The molecule has 0 unspecified atom stereocenters. The quantitative estimate of drug-likeness (QED) is 0.838. The molecule has 0 atom stereocenters. The van der Waals surface area contributed by atoms with Crippen LogP contribution < -0.4 is 5.32 Å². The molecule has 1 aliphatic heterocycles. The van der Waals surface area contributed by atoms with Gasteiger partial charge in [-0.15, -0.1) is 0 Å². The van der Waals surface area contributed by atoms with E-state index in [9.17, 15) is 0 Å². The van der Waals surface area contributed by atoms with Crippen LogP contribution in [0.5, 0.6) is 0 Å². The summed E-state index contributed by atoms with van der Waals surface area (Å²) in [6, 6.07) is 8.67. The van der Waals surface area contributed by atoms with Gasteiger partial charge in [-0.1, -0.05) is 12.1 Å². The second-order valence-corrected chi connectivity index (χ2v) is 4.74. The van der Waals surface area contributed by atoms with Crippen molar-refractivity contribution in [3.8, 4) is 0 Å². The van der Waals surface area contributed by atoms with Gasteiger partial charge < -0.3 is 14.8 Å². The molecule has 1 aromatic rings. The Morgan fingerprint density at radius 2 is 2.05 bits per heavy atom. The Bertz CT molecular complexity index is 376. The Kier molecular flexibility index (Phi) is 8.67. The van der Waals surface area contributed by atoms with E-state index in [1.54, 1.807) is 0 Å². The van der Waals surface area contributed by atoms with Crippen molar-refractivity contribution in [3.05, 3.63) is 29.8 Å². The van der Waals surface area contributed by atoms with Crippen LogP contribution in [-0.2, 0) is 16.0 Å². The van der Waals surface area contributed by atoms with E-state index >= 15 is 0 Å². The Balaban J connectivity index is 0.000000612.